The third-order valence-electron chi connectivity index (χ3n) is 5.11. The minimum atomic E-state index is -2.29. The smallest absolute Gasteiger partial charge is 0.398 e. The van der Waals surface area contributed by atoms with Crippen LogP contribution in [0.5, 0.6) is 5.75 Å². The maximum atomic E-state index is 6.86. The van der Waals surface area contributed by atoms with Crippen LogP contribution in [0.2, 0.25) is 12.1 Å². The van der Waals surface area contributed by atoms with Gasteiger partial charge in [-0.15, -0.1) is 0 Å². The van der Waals surface area contributed by atoms with E-state index < -0.39 is 8.56 Å². The largest absolute Gasteiger partial charge is 0.520 e. The van der Waals surface area contributed by atoms with E-state index in [0.29, 0.717) is 11.8 Å². The summed E-state index contributed by atoms with van der Waals surface area (Å²) in [4.78, 5) is 0. The molecule has 1 unspecified atom stereocenters. The molecule has 0 spiro atoms. The van der Waals surface area contributed by atoms with Gasteiger partial charge in [0.25, 0.3) is 0 Å². The van der Waals surface area contributed by atoms with Gasteiger partial charge in [-0.1, -0.05) is 72.9 Å². The number of hydrogen-bond donors (Lipinski definition) is 1. The Balaban J connectivity index is 3.20. The van der Waals surface area contributed by atoms with E-state index in [1.807, 2.05) is 0 Å². The van der Waals surface area contributed by atoms with Crippen molar-refractivity contribution in [2.45, 2.75) is 97.6 Å². The highest BCUT2D eigenvalue weighted by Crippen LogP contribution is 2.35. The topological polar surface area (TPSA) is 18.5 Å². The molecule has 4 heteroatoms. The van der Waals surface area contributed by atoms with Crippen LogP contribution in [0.15, 0.2) is 18.2 Å². The zero-order valence-corrected chi connectivity index (χ0v) is 20.4. The van der Waals surface area contributed by atoms with Crippen molar-refractivity contribution in [3.05, 3.63) is 29.3 Å². The van der Waals surface area contributed by atoms with E-state index in [-0.39, 0.29) is 0 Å². The Hall–Kier alpha value is -0.453. The molecule has 0 fully saturated rings. The fourth-order valence-corrected chi connectivity index (χ4v) is 7.24. The predicted octanol–water partition coefficient (Wildman–Crippen LogP) is 7.69. The molecule has 0 bridgehead atoms. The molecular weight excluding hydrogens is 368 g/mol. The molecule has 0 N–H and O–H groups in total. The van der Waals surface area contributed by atoms with Crippen LogP contribution in [0.4, 0.5) is 0 Å². The number of rotatable bonds is 14. The second-order valence-corrected chi connectivity index (χ2v) is 12.0. The van der Waals surface area contributed by atoms with E-state index in [9.17, 15) is 0 Å². The van der Waals surface area contributed by atoms with Crippen LogP contribution in [0.25, 0.3) is 0 Å². The zero-order chi connectivity index (χ0) is 20.3. The molecule has 27 heavy (non-hydrogen) atoms. The van der Waals surface area contributed by atoms with Gasteiger partial charge in [-0.25, -0.2) is 0 Å². The predicted molar refractivity (Wildman–Crippen MR) is 125 cm³/mol. The normalized spacial score (nSPS) is 14.0. The standard InChI is InChI=1S/C23H42O2SSi/c1-7-9-14-24-27(16-10-8-2,17-11-15-26)25-23-13-12-21(19(3)4)18-22(23)20(5)6/h12-13,18-20,26H,7-11,14-17H2,1-6H3. The first kappa shape index (κ1) is 24.6. The average Bonchev–Trinajstić information content (AvgIpc) is 2.64. The van der Waals surface area contributed by atoms with Crippen molar-refractivity contribution in [3.63, 3.8) is 0 Å². The molecule has 1 aromatic carbocycles. The summed E-state index contributed by atoms with van der Waals surface area (Å²) < 4.78 is 13.4. The molecule has 2 nitrogen and oxygen atoms in total. The second-order valence-electron chi connectivity index (χ2n) is 8.25. The van der Waals surface area contributed by atoms with Gasteiger partial charge in [0.2, 0.25) is 0 Å². The first-order chi connectivity index (χ1) is 12.9. The summed E-state index contributed by atoms with van der Waals surface area (Å²) in [5, 5.41) is 0. The highest BCUT2D eigenvalue weighted by molar-refractivity contribution is 7.80. The molecule has 1 rings (SSSR count). The van der Waals surface area contributed by atoms with Crippen molar-refractivity contribution in [3.8, 4) is 5.75 Å². The zero-order valence-electron chi connectivity index (χ0n) is 18.5. The minimum Gasteiger partial charge on any atom is -0.520 e. The number of thiol groups is 1. The molecule has 0 aliphatic heterocycles. The highest BCUT2D eigenvalue weighted by Gasteiger charge is 2.39. The van der Waals surface area contributed by atoms with Crippen molar-refractivity contribution in [1.29, 1.82) is 0 Å². The summed E-state index contributed by atoms with van der Waals surface area (Å²) >= 11 is 4.46. The molecule has 1 aromatic rings. The summed E-state index contributed by atoms with van der Waals surface area (Å²) in [6.45, 7) is 14.3. The van der Waals surface area contributed by atoms with Gasteiger partial charge < -0.3 is 8.85 Å². The molecule has 1 atom stereocenters. The highest BCUT2D eigenvalue weighted by atomic mass is 32.1. The first-order valence-electron chi connectivity index (χ1n) is 11.0. The molecule has 156 valence electrons. The van der Waals surface area contributed by atoms with E-state index in [1.54, 1.807) is 0 Å². The molecule has 0 radical (unpaired) electrons. The Kier molecular flexibility index (Phi) is 11.7. The van der Waals surface area contributed by atoms with Crippen molar-refractivity contribution < 1.29 is 8.85 Å². The molecule has 0 aliphatic rings. The van der Waals surface area contributed by atoms with Gasteiger partial charge in [0, 0.05) is 18.7 Å². The lowest BCUT2D eigenvalue weighted by Gasteiger charge is -2.33. The third-order valence-corrected chi connectivity index (χ3v) is 8.98. The first-order valence-corrected chi connectivity index (χ1v) is 13.8. The molecule has 0 amide bonds. The Labute approximate surface area is 175 Å². The van der Waals surface area contributed by atoms with Gasteiger partial charge in [-0.2, -0.15) is 12.6 Å². The van der Waals surface area contributed by atoms with E-state index in [0.717, 1.165) is 49.5 Å². The second kappa shape index (κ2) is 12.9. The maximum Gasteiger partial charge on any atom is 0.398 e. The summed E-state index contributed by atoms with van der Waals surface area (Å²) in [6, 6.07) is 8.88. The van der Waals surface area contributed by atoms with Gasteiger partial charge >= 0.3 is 8.56 Å². The van der Waals surface area contributed by atoms with Crippen molar-refractivity contribution in [2.75, 3.05) is 12.4 Å². The lowest BCUT2D eigenvalue weighted by molar-refractivity contribution is 0.228. The molecule has 0 aromatic heterocycles. The van der Waals surface area contributed by atoms with E-state index in [4.69, 9.17) is 8.85 Å². The maximum absolute atomic E-state index is 6.86. The van der Waals surface area contributed by atoms with Crippen LogP contribution < -0.4 is 4.43 Å². The number of hydrogen-bond acceptors (Lipinski definition) is 3. The number of benzene rings is 1. The fraction of sp³-hybridized carbons (Fsp3) is 0.739. The average molecular weight is 411 g/mol. The Morgan fingerprint density at radius 3 is 2.15 bits per heavy atom. The molecule has 0 aliphatic carbocycles. The van der Waals surface area contributed by atoms with Gasteiger partial charge in [0.15, 0.2) is 0 Å². The SMILES string of the molecule is CCCCO[Si](CCCC)(CCCS)Oc1ccc(C(C)C)cc1C(C)C. The lowest BCUT2D eigenvalue weighted by Crippen LogP contribution is -2.46. The van der Waals surface area contributed by atoms with Gasteiger partial charge in [-0.3, -0.25) is 0 Å². The Bertz CT molecular complexity index is 523. The van der Waals surface area contributed by atoms with Crippen LogP contribution in [0, 0.1) is 0 Å². The number of unbranched alkanes of at least 4 members (excludes halogenated alkanes) is 2. The van der Waals surface area contributed by atoms with Crippen molar-refractivity contribution in [1.82, 2.24) is 0 Å². The quantitative estimate of drug-likeness (QED) is 0.192. The van der Waals surface area contributed by atoms with E-state index in [2.05, 4.69) is 72.4 Å². The molecular formula is C23H42O2SSi. The van der Waals surface area contributed by atoms with Crippen LogP contribution in [0.3, 0.4) is 0 Å². The summed E-state index contributed by atoms with van der Waals surface area (Å²) in [5.74, 6) is 2.92. The summed E-state index contributed by atoms with van der Waals surface area (Å²) in [7, 11) is -2.29. The van der Waals surface area contributed by atoms with Gasteiger partial charge in [0.1, 0.15) is 5.75 Å². The molecule has 0 saturated carbocycles. The van der Waals surface area contributed by atoms with E-state index >= 15 is 0 Å². The third kappa shape index (κ3) is 8.21. The Morgan fingerprint density at radius 2 is 1.59 bits per heavy atom. The monoisotopic (exact) mass is 410 g/mol. The van der Waals surface area contributed by atoms with Crippen LogP contribution >= 0.6 is 12.6 Å². The van der Waals surface area contributed by atoms with Crippen LogP contribution in [-0.4, -0.2) is 20.9 Å². The van der Waals surface area contributed by atoms with Gasteiger partial charge in [-0.05, 0) is 47.6 Å². The van der Waals surface area contributed by atoms with E-state index in [1.165, 1.54) is 24.0 Å². The van der Waals surface area contributed by atoms with Crippen LogP contribution in [0.1, 0.15) is 96.6 Å². The van der Waals surface area contributed by atoms with Gasteiger partial charge in [0.05, 0.1) is 0 Å². The van der Waals surface area contributed by atoms with Crippen molar-refractivity contribution >= 4 is 21.2 Å². The lowest BCUT2D eigenvalue weighted by atomic mass is 9.95. The summed E-state index contributed by atoms with van der Waals surface area (Å²) in [6.07, 6.45) is 5.68. The Morgan fingerprint density at radius 1 is 0.926 bits per heavy atom. The molecule has 0 saturated heterocycles. The molecule has 0 heterocycles. The minimum absolute atomic E-state index is 0.442. The van der Waals surface area contributed by atoms with Crippen LogP contribution in [-0.2, 0) is 4.43 Å². The summed E-state index contributed by atoms with van der Waals surface area (Å²) in [5.41, 5.74) is 2.70. The van der Waals surface area contributed by atoms with Crippen molar-refractivity contribution in [2.24, 2.45) is 0 Å². The fourth-order valence-electron chi connectivity index (χ4n) is 3.27.